The van der Waals surface area contributed by atoms with Gasteiger partial charge in [0.05, 0.1) is 11.4 Å². The van der Waals surface area contributed by atoms with Crippen molar-refractivity contribution in [1.29, 1.82) is 0 Å². The third-order valence-electron chi connectivity index (χ3n) is 3.13. The van der Waals surface area contributed by atoms with Crippen molar-refractivity contribution in [1.82, 2.24) is 0 Å². The molecule has 6 nitrogen and oxygen atoms in total. The first-order valence-corrected chi connectivity index (χ1v) is 6.95. The maximum Gasteiger partial charge on any atom is 0.262 e. The zero-order valence-corrected chi connectivity index (χ0v) is 12.3. The van der Waals surface area contributed by atoms with Gasteiger partial charge in [-0.3, -0.25) is 9.59 Å². The number of carbonyl (C=O) groups excluding carboxylic acids is 2. The number of carbonyl (C=O) groups is 2. The van der Waals surface area contributed by atoms with Crippen molar-refractivity contribution in [3.63, 3.8) is 0 Å². The molecule has 0 fully saturated rings. The Labute approximate surface area is 135 Å². The Kier molecular flexibility index (Phi) is 4.28. The number of rotatable bonds is 4. The van der Waals surface area contributed by atoms with Gasteiger partial charge in [-0.15, -0.1) is 0 Å². The van der Waals surface area contributed by atoms with E-state index in [0.29, 0.717) is 5.75 Å². The average Bonchev–Trinajstić information content (AvgIpc) is 2.53. The van der Waals surface area contributed by atoms with Crippen molar-refractivity contribution in [3.8, 4) is 11.5 Å². The maximum atomic E-state index is 13.6. The lowest BCUT2D eigenvalue weighted by atomic mass is 10.2. The van der Waals surface area contributed by atoms with Crippen LogP contribution in [0.25, 0.3) is 0 Å². The molecule has 0 unspecified atom stereocenters. The second kappa shape index (κ2) is 6.53. The van der Waals surface area contributed by atoms with Gasteiger partial charge in [0.25, 0.3) is 11.8 Å². The third-order valence-corrected chi connectivity index (χ3v) is 3.13. The Hall–Kier alpha value is -3.16. The smallest absolute Gasteiger partial charge is 0.262 e. The fraction of sp³-hybridized carbons (Fsp3) is 0.125. The molecule has 3 rings (SSSR count). The van der Waals surface area contributed by atoms with E-state index in [1.54, 1.807) is 0 Å². The topological polar surface area (TPSA) is 76.7 Å². The highest BCUT2D eigenvalue weighted by atomic mass is 19.1. The summed E-state index contributed by atoms with van der Waals surface area (Å²) >= 11 is 0. The van der Waals surface area contributed by atoms with Gasteiger partial charge < -0.3 is 20.1 Å². The van der Waals surface area contributed by atoms with Crippen LogP contribution in [0.5, 0.6) is 11.5 Å². The predicted octanol–water partition coefficient (Wildman–Crippen LogP) is 2.31. The summed E-state index contributed by atoms with van der Waals surface area (Å²) in [6, 6.07) is 7.33. The number of hydrogen-bond donors (Lipinski definition) is 2. The van der Waals surface area contributed by atoms with E-state index in [2.05, 4.69) is 10.6 Å². The maximum absolute atomic E-state index is 13.6. The molecule has 8 heteroatoms. The SMILES string of the molecule is O=C(COc1ccc(F)cc1)Nc1cc(F)cc2c1OCC(=O)N2. The monoisotopic (exact) mass is 334 g/mol. The van der Waals surface area contributed by atoms with Gasteiger partial charge in [-0.25, -0.2) is 8.78 Å². The molecule has 0 saturated heterocycles. The fourth-order valence-electron chi connectivity index (χ4n) is 2.12. The number of ether oxygens (including phenoxy) is 2. The van der Waals surface area contributed by atoms with Crippen molar-refractivity contribution in [2.75, 3.05) is 23.8 Å². The molecule has 0 aromatic heterocycles. The molecule has 2 aromatic rings. The van der Waals surface area contributed by atoms with Crippen molar-refractivity contribution in [2.24, 2.45) is 0 Å². The Morgan fingerprint density at radius 1 is 1.21 bits per heavy atom. The minimum absolute atomic E-state index is 0.0812. The highest BCUT2D eigenvalue weighted by Gasteiger charge is 2.21. The van der Waals surface area contributed by atoms with E-state index in [9.17, 15) is 18.4 Å². The normalized spacial score (nSPS) is 12.7. The van der Waals surface area contributed by atoms with Gasteiger partial charge in [-0.2, -0.15) is 0 Å². The predicted molar refractivity (Wildman–Crippen MR) is 81.0 cm³/mol. The lowest BCUT2D eigenvalue weighted by Gasteiger charge is -2.21. The zero-order chi connectivity index (χ0) is 17.1. The van der Waals surface area contributed by atoms with Crippen LogP contribution in [0.1, 0.15) is 0 Å². The molecule has 0 spiro atoms. The number of fused-ring (bicyclic) bond motifs is 1. The van der Waals surface area contributed by atoms with Crippen LogP contribution in [0.15, 0.2) is 36.4 Å². The third kappa shape index (κ3) is 3.60. The van der Waals surface area contributed by atoms with Crippen molar-refractivity contribution >= 4 is 23.2 Å². The summed E-state index contributed by atoms with van der Waals surface area (Å²) in [5.74, 6) is -1.55. The number of anilines is 2. The highest BCUT2D eigenvalue weighted by molar-refractivity contribution is 6.00. The summed E-state index contributed by atoms with van der Waals surface area (Å²) < 4.78 is 36.8. The van der Waals surface area contributed by atoms with Crippen LogP contribution >= 0.6 is 0 Å². The number of nitrogens with one attached hydrogen (secondary N) is 2. The van der Waals surface area contributed by atoms with E-state index in [1.165, 1.54) is 24.3 Å². The summed E-state index contributed by atoms with van der Waals surface area (Å²) in [6.45, 7) is -0.586. The molecule has 1 heterocycles. The van der Waals surface area contributed by atoms with E-state index in [0.717, 1.165) is 12.1 Å². The van der Waals surface area contributed by atoms with Crippen LogP contribution in [0.2, 0.25) is 0 Å². The number of benzene rings is 2. The number of amides is 2. The Morgan fingerprint density at radius 2 is 1.96 bits per heavy atom. The lowest BCUT2D eigenvalue weighted by molar-refractivity contribution is -0.118. The molecule has 2 aromatic carbocycles. The van der Waals surface area contributed by atoms with Gasteiger partial charge in [0.1, 0.15) is 17.4 Å². The quantitative estimate of drug-likeness (QED) is 0.900. The minimum Gasteiger partial charge on any atom is -0.484 e. The van der Waals surface area contributed by atoms with Crippen LogP contribution in [0.4, 0.5) is 20.2 Å². The molecule has 24 heavy (non-hydrogen) atoms. The van der Waals surface area contributed by atoms with Gasteiger partial charge in [0, 0.05) is 12.1 Å². The molecule has 1 aliphatic heterocycles. The number of hydrogen-bond acceptors (Lipinski definition) is 4. The Morgan fingerprint density at radius 3 is 2.71 bits per heavy atom. The van der Waals surface area contributed by atoms with Gasteiger partial charge in [-0.1, -0.05) is 0 Å². The van der Waals surface area contributed by atoms with Crippen LogP contribution in [0.3, 0.4) is 0 Å². The largest absolute Gasteiger partial charge is 0.484 e. The molecular weight excluding hydrogens is 322 g/mol. The number of halogens is 2. The first-order valence-electron chi connectivity index (χ1n) is 6.95. The van der Waals surface area contributed by atoms with Crippen molar-refractivity contribution < 1.29 is 27.8 Å². The average molecular weight is 334 g/mol. The van der Waals surface area contributed by atoms with Gasteiger partial charge in [-0.05, 0) is 24.3 Å². The molecule has 0 radical (unpaired) electrons. The molecule has 1 aliphatic rings. The van der Waals surface area contributed by atoms with E-state index < -0.39 is 23.4 Å². The van der Waals surface area contributed by atoms with Gasteiger partial charge in [0.2, 0.25) is 0 Å². The van der Waals surface area contributed by atoms with Crippen molar-refractivity contribution in [3.05, 3.63) is 48.0 Å². The molecule has 2 amide bonds. The fourth-order valence-corrected chi connectivity index (χ4v) is 2.12. The minimum atomic E-state index is -0.644. The van der Waals surface area contributed by atoms with Gasteiger partial charge in [0.15, 0.2) is 19.0 Å². The van der Waals surface area contributed by atoms with E-state index in [-0.39, 0.29) is 30.3 Å². The zero-order valence-electron chi connectivity index (χ0n) is 12.3. The van der Waals surface area contributed by atoms with Crippen LogP contribution < -0.4 is 20.1 Å². The molecule has 0 aliphatic carbocycles. The second-order valence-corrected chi connectivity index (χ2v) is 4.96. The molecule has 0 atom stereocenters. The summed E-state index contributed by atoms with van der Waals surface area (Å²) in [7, 11) is 0. The van der Waals surface area contributed by atoms with Crippen LogP contribution in [0, 0.1) is 11.6 Å². The van der Waals surface area contributed by atoms with E-state index in [4.69, 9.17) is 9.47 Å². The van der Waals surface area contributed by atoms with Crippen LogP contribution in [-0.4, -0.2) is 25.0 Å². The lowest BCUT2D eigenvalue weighted by Crippen LogP contribution is -2.27. The van der Waals surface area contributed by atoms with Crippen molar-refractivity contribution in [2.45, 2.75) is 0 Å². The Bertz CT molecular complexity index is 793. The molecule has 0 saturated carbocycles. The standard InChI is InChI=1S/C16H12F2N2O4/c17-9-1-3-11(4-2-9)23-7-14(21)19-12-5-10(18)6-13-16(12)24-8-15(22)20-13/h1-6H,7-8H2,(H,19,21)(H,20,22). The Balaban J connectivity index is 1.68. The first kappa shape index (κ1) is 15.7. The first-order chi connectivity index (χ1) is 11.5. The summed E-state index contributed by atoms with van der Waals surface area (Å²) in [6.07, 6.45) is 0. The molecule has 124 valence electrons. The summed E-state index contributed by atoms with van der Waals surface area (Å²) in [5.41, 5.74) is 0.221. The highest BCUT2D eigenvalue weighted by Crippen LogP contribution is 2.36. The molecular formula is C16H12F2N2O4. The molecule has 0 bridgehead atoms. The summed E-state index contributed by atoms with van der Waals surface area (Å²) in [5, 5.41) is 4.91. The van der Waals surface area contributed by atoms with Crippen LogP contribution in [-0.2, 0) is 9.59 Å². The van der Waals surface area contributed by atoms with E-state index in [1.807, 2.05) is 0 Å². The molecule has 2 N–H and O–H groups in total. The van der Waals surface area contributed by atoms with Gasteiger partial charge >= 0.3 is 0 Å². The summed E-state index contributed by atoms with van der Waals surface area (Å²) in [4.78, 5) is 23.2. The second-order valence-electron chi connectivity index (χ2n) is 4.96. The van der Waals surface area contributed by atoms with E-state index >= 15 is 0 Å².